The fourth-order valence-corrected chi connectivity index (χ4v) is 6.22. The maximum Gasteiger partial charge on any atom is 0.217 e. The van der Waals surface area contributed by atoms with Crippen LogP contribution in [0.4, 0.5) is 0 Å². The molecule has 0 aromatic heterocycles. The number of hydrogen-bond donors (Lipinski definition) is 0. The Balaban J connectivity index is -0.000000487. The van der Waals surface area contributed by atoms with Crippen molar-refractivity contribution < 1.29 is 31.5 Å². The van der Waals surface area contributed by atoms with E-state index in [-0.39, 0.29) is 8.03 Å². The smallest absolute Gasteiger partial charge is 0.217 e. The van der Waals surface area contributed by atoms with E-state index in [1.54, 1.807) is 16.7 Å². The van der Waals surface area contributed by atoms with Crippen molar-refractivity contribution >= 4 is 44.4 Å². The molecular weight excluding hydrogens is 589 g/mol. The van der Waals surface area contributed by atoms with Gasteiger partial charge < -0.3 is 13.3 Å². The van der Waals surface area contributed by atoms with Gasteiger partial charge in [0.25, 0.3) is 0 Å². The van der Waals surface area contributed by atoms with E-state index < -0.39 is 21.8 Å². The predicted molar refractivity (Wildman–Crippen MR) is 172 cm³/mol. The van der Waals surface area contributed by atoms with Gasteiger partial charge in [-0.2, -0.15) is 0 Å². The van der Waals surface area contributed by atoms with Gasteiger partial charge in [0.15, 0.2) is 4.90 Å². The molecule has 0 radical (unpaired) electrons. The van der Waals surface area contributed by atoms with Crippen LogP contribution in [0.3, 0.4) is 0 Å². The molecule has 2 aromatic rings. The lowest BCUT2D eigenvalue weighted by molar-refractivity contribution is 0.257. The number of unbranched alkanes of at least 4 members (excludes halogenated alkanes) is 4. The van der Waals surface area contributed by atoms with Gasteiger partial charge in [-0.05, 0) is 56.2 Å². The second kappa shape index (κ2) is 29.6. The largest absolute Gasteiger partial charge is 0.750 e. The van der Waals surface area contributed by atoms with Gasteiger partial charge in [-0.3, -0.25) is 4.18 Å². The molecule has 0 aliphatic carbocycles. The summed E-state index contributed by atoms with van der Waals surface area (Å²) in [4.78, 5) is 2.90. The minimum absolute atomic E-state index is 0. The molecule has 0 heterocycles. The fourth-order valence-electron chi connectivity index (χ4n) is 2.72. The summed E-state index contributed by atoms with van der Waals surface area (Å²) < 4.78 is 56.6. The molecule has 2 aromatic carbocycles. The zero-order valence-electron chi connectivity index (χ0n) is 24.7. The highest BCUT2D eigenvalue weighted by Gasteiger charge is 2.19. The van der Waals surface area contributed by atoms with Crippen LogP contribution in [-0.2, 0) is 41.0 Å². The molecule has 1 unspecified atom stereocenters. The highest BCUT2D eigenvalue weighted by molar-refractivity contribution is 7.98. The minimum Gasteiger partial charge on any atom is -0.750 e. The van der Waals surface area contributed by atoms with Gasteiger partial charge in [0, 0.05) is 17.2 Å². The monoisotopic (exact) mass is 640 g/mol. The minimum atomic E-state index is -4.45. The van der Waals surface area contributed by atoms with Crippen LogP contribution in [0, 0.1) is 0 Å². The Morgan fingerprint density at radius 2 is 1.25 bits per heavy atom. The van der Waals surface area contributed by atoms with E-state index in [0.29, 0.717) is 23.9 Å². The van der Waals surface area contributed by atoms with Crippen LogP contribution in [0.1, 0.15) is 80.5 Å². The number of benzene rings is 2. The van der Waals surface area contributed by atoms with Crippen LogP contribution in [0.2, 0.25) is 0 Å². The third-order valence-corrected chi connectivity index (χ3v) is 9.01. The number of thioether (sulfide) groups is 1. The molecule has 0 bridgehead atoms. The van der Waals surface area contributed by atoms with E-state index in [0.717, 1.165) is 19.3 Å². The first kappa shape index (κ1) is 41.2. The Labute approximate surface area is 255 Å². The normalized spacial score (nSPS) is 11.3. The van der Waals surface area contributed by atoms with Crippen LogP contribution >= 0.6 is 11.8 Å². The summed E-state index contributed by atoms with van der Waals surface area (Å²) in [6, 6.07) is 21.4. The molecule has 0 aliphatic heterocycles. The van der Waals surface area contributed by atoms with Gasteiger partial charge in [-0.25, -0.2) is 12.6 Å². The third-order valence-electron chi connectivity index (χ3n) is 4.95. The van der Waals surface area contributed by atoms with E-state index in [4.69, 9.17) is 0 Å². The molecule has 11 heteroatoms. The summed E-state index contributed by atoms with van der Waals surface area (Å²) in [6.45, 7) is 8.73. The first-order valence-corrected chi connectivity index (χ1v) is 18.9. The molecule has 234 valence electrons. The van der Waals surface area contributed by atoms with Crippen molar-refractivity contribution in [3.05, 3.63) is 60.7 Å². The summed E-state index contributed by atoms with van der Waals surface area (Å²) >= 11 is -0.548. The predicted octanol–water partition coefficient (Wildman–Crippen LogP) is 7.78. The van der Waals surface area contributed by atoms with Gasteiger partial charge in [0.05, 0.1) is 24.6 Å². The number of rotatable bonds is 16. The topological polar surface area (TPSA) is 116 Å². The fraction of sp³-hybridized carbons (Fsp3) is 0.586. The summed E-state index contributed by atoms with van der Waals surface area (Å²) in [7, 11) is -3.93. The first-order chi connectivity index (χ1) is 19.1. The summed E-state index contributed by atoms with van der Waals surface area (Å²) in [5.74, 6) is 2.78. The van der Waals surface area contributed by atoms with Crippen LogP contribution in [-0.4, -0.2) is 52.7 Å². The van der Waals surface area contributed by atoms with Gasteiger partial charge >= 0.3 is 0 Å². The van der Waals surface area contributed by atoms with Crippen molar-refractivity contribution in [3.63, 3.8) is 0 Å². The maximum atomic E-state index is 9.73. The average molecular weight is 641 g/mol. The molecular formula is C29H51O7S4-. The molecule has 0 saturated carbocycles. The molecule has 1 atom stereocenters. The first-order valence-electron chi connectivity index (χ1n) is 13.8. The Morgan fingerprint density at radius 1 is 0.800 bits per heavy atom. The van der Waals surface area contributed by atoms with Crippen LogP contribution < -0.4 is 0 Å². The molecule has 7 nitrogen and oxygen atoms in total. The lowest BCUT2D eigenvalue weighted by Gasteiger charge is -2.07. The zero-order chi connectivity index (χ0) is 30.5. The summed E-state index contributed by atoms with van der Waals surface area (Å²) in [5, 5.41) is 0. The van der Waals surface area contributed by atoms with Gasteiger partial charge in [-0.15, -0.1) is 11.8 Å². The molecule has 40 heavy (non-hydrogen) atoms. The number of hydrogen-bond acceptors (Lipinski definition) is 8. The SMILES string of the molecule is CCCCOS(=O)(=O)[O-].CCCCOS(=O)[O-].CCCC[S+](CCCC)c1ccccc1.CSc1ccccc1.[2HH]. The highest BCUT2D eigenvalue weighted by atomic mass is 32.3. The van der Waals surface area contributed by atoms with E-state index in [1.807, 2.05) is 32.0 Å². The molecule has 2 rings (SSSR count). The Hall–Kier alpha value is -0.920. The van der Waals surface area contributed by atoms with Crippen molar-refractivity contribution in [2.45, 2.75) is 88.9 Å². The van der Waals surface area contributed by atoms with Crippen molar-refractivity contribution in [2.75, 3.05) is 31.0 Å². The molecule has 0 amide bonds. The standard InChI is InChI=1S/C14H23S.C7H8S.C4H10O4S.C4H10O3S.H2/c1-3-5-12-15(13-6-4-2)14-10-8-7-9-11-14;1-8-7-5-3-2-4-6-7;1-2-3-4-8-9(5,6)7;1-2-3-4-7-8(5)6;/h7-11H,3-6,12-13H2,1-2H3;2-6H,1H3;2-4H2,1H3,(H,5,6,7);2-4H2,1H3,(H,5,6);1H/q+1;;;;/p-2/i;;;;1+1. The van der Waals surface area contributed by atoms with E-state index >= 15 is 0 Å². The van der Waals surface area contributed by atoms with Crippen LogP contribution in [0.5, 0.6) is 0 Å². The highest BCUT2D eigenvalue weighted by Crippen LogP contribution is 2.17. The van der Waals surface area contributed by atoms with Crippen LogP contribution in [0.25, 0.3) is 0 Å². The molecule has 0 saturated heterocycles. The van der Waals surface area contributed by atoms with E-state index in [9.17, 15) is 21.7 Å². The lowest BCUT2D eigenvalue weighted by atomic mass is 10.4. The summed E-state index contributed by atoms with van der Waals surface area (Å²) in [6.07, 6.45) is 10.6. The lowest BCUT2D eigenvalue weighted by Crippen LogP contribution is -2.12. The van der Waals surface area contributed by atoms with Crippen molar-refractivity contribution in [3.8, 4) is 0 Å². The average Bonchev–Trinajstić information content (AvgIpc) is 2.95. The second-order valence-electron chi connectivity index (χ2n) is 8.40. The third kappa shape index (κ3) is 30.0. The van der Waals surface area contributed by atoms with Crippen molar-refractivity contribution in [2.24, 2.45) is 0 Å². The molecule has 0 fully saturated rings. The Morgan fingerprint density at radius 3 is 1.62 bits per heavy atom. The molecule has 0 N–H and O–H groups in total. The maximum absolute atomic E-state index is 9.73. The van der Waals surface area contributed by atoms with E-state index in [1.165, 1.54) is 42.1 Å². The molecule has 0 aliphatic rings. The van der Waals surface area contributed by atoms with Crippen molar-refractivity contribution in [1.82, 2.24) is 0 Å². The summed E-state index contributed by atoms with van der Waals surface area (Å²) in [5.41, 5.74) is 0. The van der Waals surface area contributed by atoms with E-state index in [2.05, 4.69) is 70.9 Å². The van der Waals surface area contributed by atoms with Crippen molar-refractivity contribution in [1.29, 1.82) is 0 Å². The second-order valence-corrected chi connectivity index (χ2v) is 13.3. The Bertz CT molecular complexity index is 913. The zero-order valence-corrected chi connectivity index (χ0v) is 28.0. The Kier molecular flexibility index (Phi) is 30.5. The van der Waals surface area contributed by atoms with Crippen LogP contribution in [0.15, 0.2) is 70.5 Å². The van der Waals surface area contributed by atoms with Gasteiger partial charge in [0.2, 0.25) is 10.4 Å². The van der Waals surface area contributed by atoms with Gasteiger partial charge in [-0.1, -0.05) is 89.8 Å². The van der Waals surface area contributed by atoms with Gasteiger partial charge in [0.1, 0.15) is 11.5 Å². The quantitative estimate of drug-likeness (QED) is 0.0456. The molecule has 0 spiro atoms.